The lowest BCUT2D eigenvalue weighted by Crippen LogP contribution is -2.34. The van der Waals surface area contributed by atoms with Crippen LogP contribution in [-0.4, -0.2) is 32.3 Å². The summed E-state index contributed by atoms with van der Waals surface area (Å²) in [6.45, 7) is 2.49. The van der Waals surface area contributed by atoms with Crippen molar-refractivity contribution < 1.29 is 18.7 Å². The molecule has 0 heterocycles. The third kappa shape index (κ3) is 4.75. The van der Waals surface area contributed by atoms with Gasteiger partial charge in [0.15, 0.2) is 11.6 Å². The molecule has 1 atom stereocenters. The predicted molar refractivity (Wildman–Crippen MR) is 70.7 cm³/mol. The maximum atomic E-state index is 13.7. The minimum atomic E-state index is -0.514. The van der Waals surface area contributed by atoms with Crippen LogP contribution in [0.3, 0.4) is 0 Å². The Bertz CT molecular complexity index is 426. The molecule has 6 heteroatoms. The standard InChI is InChI=1S/C13H19FN2O3/c1-3-11(13(15)17)16-9-4-5-12(10(14)8-9)19-7-6-18-2/h4-5,8,11,16H,3,6-7H2,1-2H3,(H2,15,17)/t11-/m1/s1. The van der Waals surface area contributed by atoms with Crippen molar-refractivity contribution in [2.45, 2.75) is 19.4 Å². The van der Waals surface area contributed by atoms with Crippen molar-refractivity contribution in [1.29, 1.82) is 0 Å². The highest BCUT2D eigenvalue weighted by atomic mass is 19.1. The van der Waals surface area contributed by atoms with Crippen LogP contribution in [0.25, 0.3) is 0 Å². The summed E-state index contributed by atoms with van der Waals surface area (Å²) >= 11 is 0. The number of hydrogen-bond donors (Lipinski definition) is 2. The number of hydrogen-bond acceptors (Lipinski definition) is 4. The lowest BCUT2D eigenvalue weighted by molar-refractivity contribution is -0.118. The van der Waals surface area contributed by atoms with E-state index in [2.05, 4.69) is 5.32 Å². The van der Waals surface area contributed by atoms with E-state index in [9.17, 15) is 9.18 Å². The smallest absolute Gasteiger partial charge is 0.239 e. The Hall–Kier alpha value is -1.82. The summed E-state index contributed by atoms with van der Waals surface area (Å²) in [7, 11) is 1.54. The number of ether oxygens (including phenoxy) is 2. The van der Waals surface area contributed by atoms with Crippen molar-refractivity contribution >= 4 is 11.6 Å². The second kappa shape index (κ2) is 7.58. The number of rotatable bonds is 8. The van der Waals surface area contributed by atoms with Gasteiger partial charge in [-0.3, -0.25) is 4.79 Å². The van der Waals surface area contributed by atoms with Gasteiger partial charge in [-0.25, -0.2) is 4.39 Å². The summed E-state index contributed by atoms with van der Waals surface area (Å²) in [6, 6.07) is 3.89. The molecule has 3 N–H and O–H groups in total. The van der Waals surface area contributed by atoms with Gasteiger partial charge in [0.05, 0.1) is 6.61 Å². The summed E-state index contributed by atoms with van der Waals surface area (Å²) in [5.41, 5.74) is 5.70. The Labute approximate surface area is 111 Å². The number of methoxy groups -OCH3 is 1. The number of benzene rings is 1. The van der Waals surface area contributed by atoms with Crippen LogP contribution in [0.15, 0.2) is 18.2 Å². The Morgan fingerprint density at radius 2 is 2.21 bits per heavy atom. The molecule has 0 spiro atoms. The monoisotopic (exact) mass is 270 g/mol. The quantitative estimate of drug-likeness (QED) is 0.702. The highest BCUT2D eigenvalue weighted by Gasteiger charge is 2.13. The van der Waals surface area contributed by atoms with Crippen molar-refractivity contribution in [3.63, 3.8) is 0 Å². The van der Waals surface area contributed by atoms with Gasteiger partial charge in [-0.1, -0.05) is 6.92 Å². The Balaban J connectivity index is 2.67. The average Bonchev–Trinajstić information content (AvgIpc) is 2.38. The van der Waals surface area contributed by atoms with E-state index in [4.69, 9.17) is 15.2 Å². The number of carbonyl (C=O) groups excluding carboxylic acids is 1. The van der Waals surface area contributed by atoms with Gasteiger partial charge in [-0.05, 0) is 18.6 Å². The number of halogens is 1. The van der Waals surface area contributed by atoms with Crippen LogP contribution in [0.1, 0.15) is 13.3 Å². The van der Waals surface area contributed by atoms with E-state index >= 15 is 0 Å². The third-order valence-corrected chi connectivity index (χ3v) is 2.57. The summed E-state index contributed by atoms with van der Waals surface area (Å²) in [5, 5.41) is 2.87. The molecule has 1 amide bonds. The molecule has 0 saturated carbocycles. The summed E-state index contributed by atoms with van der Waals surface area (Å²) < 4.78 is 23.7. The van der Waals surface area contributed by atoms with Gasteiger partial charge in [0.2, 0.25) is 5.91 Å². The van der Waals surface area contributed by atoms with Crippen LogP contribution in [0.5, 0.6) is 5.75 Å². The lowest BCUT2D eigenvalue weighted by Gasteiger charge is -2.15. The van der Waals surface area contributed by atoms with Crippen molar-refractivity contribution in [2.24, 2.45) is 5.73 Å². The molecule has 1 aromatic rings. The van der Waals surface area contributed by atoms with Crippen LogP contribution < -0.4 is 15.8 Å². The van der Waals surface area contributed by atoms with Gasteiger partial charge < -0.3 is 20.5 Å². The zero-order valence-corrected chi connectivity index (χ0v) is 11.1. The van der Waals surface area contributed by atoms with Crippen molar-refractivity contribution in [1.82, 2.24) is 0 Å². The van der Waals surface area contributed by atoms with Crippen LogP contribution in [-0.2, 0) is 9.53 Å². The third-order valence-electron chi connectivity index (χ3n) is 2.57. The molecular formula is C13H19FN2O3. The van der Waals surface area contributed by atoms with Crippen LogP contribution in [0, 0.1) is 5.82 Å². The maximum Gasteiger partial charge on any atom is 0.239 e. The SMILES string of the molecule is CC[C@@H](Nc1ccc(OCCOC)c(F)c1)C(N)=O. The molecule has 0 aliphatic heterocycles. The molecule has 1 aromatic carbocycles. The number of primary amides is 1. The zero-order chi connectivity index (χ0) is 14.3. The predicted octanol–water partition coefficient (Wildman–Crippen LogP) is 1.53. The van der Waals surface area contributed by atoms with Gasteiger partial charge in [0, 0.05) is 18.9 Å². The van der Waals surface area contributed by atoms with Crippen LogP contribution >= 0.6 is 0 Å². The molecule has 106 valence electrons. The fraction of sp³-hybridized carbons (Fsp3) is 0.462. The van der Waals surface area contributed by atoms with E-state index in [1.165, 1.54) is 12.1 Å². The van der Waals surface area contributed by atoms with E-state index in [0.717, 1.165) is 0 Å². The van der Waals surface area contributed by atoms with Gasteiger partial charge in [0.1, 0.15) is 12.6 Å². The highest BCUT2D eigenvalue weighted by Crippen LogP contribution is 2.21. The van der Waals surface area contributed by atoms with Gasteiger partial charge in [-0.15, -0.1) is 0 Å². The zero-order valence-electron chi connectivity index (χ0n) is 11.1. The molecule has 19 heavy (non-hydrogen) atoms. The van der Waals surface area contributed by atoms with E-state index in [1.807, 2.05) is 6.92 Å². The van der Waals surface area contributed by atoms with E-state index in [1.54, 1.807) is 13.2 Å². The number of carbonyl (C=O) groups is 1. The minimum Gasteiger partial charge on any atom is -0.488 e. The second-order valence-electron chi connectivity index (χ2n) is 3.99. The Kier molecular flexibility index (Phi) is 6.08. The molecule has 0 radical (unpaired) electrons. The first-order chi connectivity index (χ1) is 9.08. The molecule has 0 bridgehead atoms. The first-order valence-corrected chi connectivity index (χ1v) is 6.05. The van der Waals surface area contributed by atoms with Crippen molar-refractivity contribution in [3.05, 3.63) is 24.0 Å². The van der Waals surface area contributed by atoms with Crippen LogP contribution in [0.2, 0.25) is 0 Å². The molecule has 0 saturated heterocycles. The van der Waals surface area contributed by atoms with Crippen LogP contribution in [0.4, 0.5) is 10.1 Å². The van der Waals surface area contributed by atoms with Gasteiger partial charge in [0.25, 0.3) is 0 Å². The minimum absolute atomic E-state index is 0.148. The number of amides is 1. The maximum absolute atomic E-state index is 13.7. The first kappa shape index (κ1) is 15.2. The summed E-state index contributed by atoms with van der Waals surface area (Å²) in [6.07, 6.45) is 0.531. The number of anilines is 1. The highest BCUT2D eigenvalue weighted by molar-refractivity contribution is 5.82. The normalized spacial score (nSPS) is 11.9. The largest absolute Gasteiger partial charge is 0.488 e. The molecular weight excluding hydrogens is 251 g/mol. The summed E-state index contributed by atoms with van der Waals surface area (Å²) in [4.78, 5) is 11.1. The first-order valence-electron chi connectivity index (χ1n) is 6.05. The van der Waals surface area contributed by atoms with E-state index in [-0.39, 0.29) is 12.4 Å². The summed E-state index contributed by atoms with van der Waals surface area (Å²) in [5.74, 6) is -0.821. The fourth-order valence-electron chi connectivity index (χ4n) is 1.52. The molecule has 0 unspecified atom stereocenters. The van der Waals surface area contributed by atoms with Gasteiger partial charge >= 0.3 is 0 Å². The average molecular weight is 270 g/mol. The molecule has 0 aromatic heterocycles. The Morgan fingerprint density at radius 3 is 2.74 bits per heavy atom. The molecule has 1 rings (SSSR count). The van der Waals surface area contributed by atoms with E-state index in [0.29, 0.717) is 18.7 Å². The lowest BCUT2D eigenvalue weighted by atomic mass is 10.2. The molecule has 5 nitrogen and oxygen atoms in total. The topological polar surface area (TPSA) is 73.6 Å². The Morgan fingerprint density at radius 1 is 1.47 bits per heavy atom. The van der Waals surface area contributed by atoms with Crippen molar-refractivity contribution in [2.75, 3.05) is 25.6 Å². The molecule has 0 aliphatic rings. The van der Waals surface area contributed by atoms with Crippen molar-refractivity contribution in [3.8, 4) is 5.75 Å². The number of nitrogens with two attached hydrogens (primary N) is 1. The second-order valence-corrected chi connectivity index (χ2v) is 3.99. The number of nitrogens with one attached hydrogen (secondary N) is 1. The molecule has 0 fully saturated rings. The molecule has 0 aliphatic carbocycles. The fourth-order valence-corrected chi connectivity index (χ4v) is 1.52. The van der Waals surface area contributed by atoms with Gasteiger partial charge in [-0.2, -0.15) is 0 Å². The van der Waals surface area contributed by atoms with E-state index < -0.39 is 17.8 Å².